The minimum absolute atomic E-state index is 0.144. The monoisotopic (exact) mass is 625 g/mol. The Hall–Kier alpha value is -5.02. The topological polar surface area (TPSA) is 116 Å². The Morgan fingerprint density at radius 2 is 1.73 bits per heavy atom. The number of anilines is 2. The quantitative estimate of drug-likeness (QED) is 0.140. The van der Waals surface area contributed by atoms with Crippen LogP contribution in [0.15, 0.2) is 97.1 Å². The van der Waals surface area contributed by atoms with Crippen molar-refractivity contribution in [1.82, 2.24) is 15.2 Å². The summed E-state index contributed by atoms with van der Waals surface area (Å²) in [6, 6.07) is 20.7. The molecule has 10 heteroatoms. The zero-order chi connectivity index (χ0) is 32.1. The van der Waals surface area contributed by atoms with Gasteiger partial charge in [-0.25, -0.2) is 0 Å². The molecule has 0 unspecified atom stereocenters. The molecule has 45 heavy (non-hydrogen) atoms. The highest BCUT2D eigenvalue weighted by Gasteiger charge is 2.38. The Kier molecular flexibility index (Phi) is 9.59. The summed E-state index contributed by atoms with van der Waals surface area (Å²) in [5.74, 6) is 0.242. The van der Waals surface area contributed by atoms with Gasteiger partial charge in [0.15, 0.2) is 5.88 Å². The predicted octanol–water partition coefficient (Wildman–Crippen LogP) is 7.12. The minimum Gasteiger partial charge on any atom is -0.447 e. The van der Waals surface area contributed by atoms with Gasteiger partial charge in [0.1, 0.15) is 12.1 Å². The van der Waals surface area contributed by atoms with E-state index in [4.69, 9.17) is 16.3 Å². The average molecular weight is 626 g/mol. The summed E-state index contributed by atoms with van der Waals surface area (Å²) in [6.45, 7) is 9.51. The van der Waals surface area contributed by atoms with Crippen molar-refractivity contribution >= 4 is 51.6 Å². The molecule has 0 saturated carbocycles. The van der Waals surface area contributed by atoms with Crippen molar-refractivity contribution in [3.05, 3.63) is 108 Å². The number of nitrogens with zero attached hydrogens (tertiary/aromatic N) is 1. The Morgan fingerprint density at radius 3 is 2.42 bits per heavy atom. The zero-order valence-electron chi connectivity index (χ0n) is 25.4. The third-order valence-corrected chi connectivity index (χ3v) is 8.10. The first kappa shape index (κ1) is 31.4. The summed E-state index contributed by atoms with van der Waals surface area (Å²) in [5, 5.41) is 10.1. The Balaban J connectivity index is 1.33. The molecular formula is C35H36ClN5O4. The first-order chi connectivity index (χ1) is 21.6. The van der Waals surface area contributed by atoms with Crippen LogP contribution in [0.2, 0.25) is 5.02 Å². The maximum Gasteiger partial charge on any atom is 0.250 e. The van der Waals surface area contributed by atoms with Gasteiger partial charge in [-0.05, 0) is 80.8 Å². The van der Waals surface area contributed by atoms with Gasteiger partial charge in [0.2, 0.25) is 17.7 Å². The van der Waals surface area contributed by atoms with Gasteiger partial charge in [-0.2, -0.15) is 0 Å². The Morgan fingerprint density at radius 1 is 1.02 bits per heavy atom. The molecule has 2 heterocycles. The van der Waals surface area contributed by atoms with Gasteiger partial charge < -0.3 is 30.6 Å². The van der Waals surface area contributed by atoms with E-state index in [1.54, 1.807) is 24.0 Å². The number of hydrogen-bond acceptors (Lipinski definition) is 5. The van der Waals surface area contributed by atoms with Crippen LogP contribution in [0.3, 0.4) is 0 Å². The van der Waals surface area contributed by atoms with E-state index in [1.807, 2.05) is 73.7 Å². The van der Waals surface area contributed by atoms with Gasteiger partial charge in [0.25, 0.3) is 0 Å². The summed E-state index contributed by atoms with van der Waals surface area (Å²) in [4.78, 5) is 43.9. The molecule has 1 aliphatic heterocycles. The Bertz CT molecular complexity index is 1760. The summed E-state index contributed by atoms with van der Waals surface area (Å²) in [6.07, 6.45) is 3.05. The lowest BCUT2D eigenvalue weighted by atomic mass is 10.0. The molecule has 1 saturated heterocycles. The molecule has 1 aliphatic rings. The number of nitrogens with one attached hydrogen (secondary N) is 4. The van der Waals surface area contributed by atoms with Crippen molar-refractivity contribution in [2.75, 3.05) is 17.2 Å². The van der Waals surface area contributed by atoms with Crippen LogP contribution < -0.4 is 16.0 Å². The number of allylic oxidation sites excluding steroid dienone is 2. The summed E-state index contributed by atoms with van der Waals surface area (Å²) in [7, 11) is 0. The lowest BCUT2D eigenvalue weighted by molar-refractivity contribution is -0.138. The number of ether oxygens (including phenoxy) is 1. The second-order valence-corrected chi connectivity index (χ2v) is 11.3. The summed E-state index contributed by atoms with van der Waals surface area (Å²) in [5.41, 5.74) is 4.39. The molecule has 5 rings (SSSR count). The number of fused-ring (bicyclic) bond motifs is 1. The Labute approximate surface area is 267 Å². The average Bonchev–Trinajstić information content (AvgIpc) is 3.65. The number of amides is 3. The van der Waals surface area contributed by atoms with Gasteiger partial charge in [0.05, 0.1) is 16.5 Å². The molecule has 0 bridgehead atoms. The van der Waals surface area contributed by atoms with E-state index in [0.717, 1.165) is 27.7 Å². The van der Waals surface area contributed by atoms with Gasteiger partial charge in [-0.3, -0.25) is 14.4 Å². The van der Waals surface area contributed by atoms with E-state index in [0.29, 0.717) is 41.5 Å². The fourth-order valence-electron chi connectivity index (χ4n) is 5.43. The van der Waals surface area contributed by atoms with Crippen LogP contribution in [-0.4, -0.2) is 40.2 Å². The number of benzene rings is 3. The van der Waals surface area contributed by atoms with Crippen LogP contribution in [0.25, 0.3) is 22.2 Å². The fourth-order valence-corrected chi connectivity index (χ4v) is 5.74. The number of aromatic nitrogens is 1. The SMILES string of the molecule is C=C(N[C@H](C(=O)N1CCC[C@H]1C(=O)Nc1ccc2[nH]c(-c3ccc(NC(C)=O)cc3)c(Cl)c2c1)c1ccccc1)O/C(C)=C/C. The van der Waals surface area contributed by atoms with Crippen LogP contribution in [0, 0.1) is 0 Å². The van der Waals surface area contributed by atoms with Crippen LogP contribution in [0.5, 0.6) is 0 Å². The standard InChI is InChI=1S/C35H36ClN5O4/c1-5-21(2)45-23(4)38-33(24-10-7-6-8-11-24)35(44)41-19-9-12-30(41)34(43)39-27-17-18-29-28(20-27)31(36)32(40-29)25-13-15-26(16-14-25)37-22(3)42/h5-8,10-11,13-18,20,30,33,38,40H,4,9,12,19H2,1-3H3,(H,37,42)(H,39,43)/b21-5+/t30-,33-/m0/s1. The van der Waals surface area contributed by atoms with E-state index in [1.165, 1.54) is 6.92 Å². The molecule has 1 aromatic heterocycles. The van der Waals surface area contributed by atoms with Crippen LogP contribution in [0.4, 0.5) is 11.4 Å². The number of halogens is 1. The number of rotatable bonds is 10. The fraction of sp³-hybridized carbons (Fsp3) is 0.229. The van der Waals surface area contributed by atoms with Gasteiger partial charge in [-0.1, -0.05) is 54.1 Å². The van der Waals surface area contributed by atoms with Crippen molar-refractivity contribution in [2.24, 2.45) is 0 Å². The van der Waals surface area contributed by atoms with Crippen LogP contribution >= 0.6 is 11.6 Å². The predicted molar refractivity (Wildman–Crippen MR) is 178 cm³/mol. The number of likely N-dealkylation sites (tertiary alicyclic amines) is 1. The third kappa shape index (κ3) is 7.21. The van der Waals surface area contributed by atoms with Gasteiger partial charge in [-0.15, -0.1) is 0 Å². The van der Waals surface area contributed by atoms with Gasteiger partial charge >= 0.3 is 0 Å². The second kappa shape index (κ2) is 13.7. The van der Waals surface area contributed by atoms with Crippen molar-refractivity contribution in [1.29, 1.82) is 0 Å². The molecule has 3 amide bonds. The van der Waals surface area contributed by atoms with E-state index < -0.39 is 12.1 Å². The second-order valence-electron chi connectivity index (χ2n) is 10.9. The highest BCUT2D eigenvalue weighted by Crippen LogP contribution is 2.36. The van der Waals surface area contributed by atoms with Crippen molar-refractivity contribution in [3.63, 3.8) is 0 Å². The molecule has 3 aromatic carbocycles. The molecule has 4 N–H and O–H groups in total. The zero-order valence-corrected chi connectivity index (χ0v) is 26.2. The van der Waals surface area contributed by atoms with E-state index in [2.05, 4.69) is 27.5 Å². The van der Waals surface area contributed by atoms with Gasteiger partial charge in [0, 0.05) is 35.7 Å². The van der Waals surface area contributed by atoms with Crippen LogP contribution in [-0.2, 0) is 19.1 Å². The molecule has 232 valence electrons. The number of aromatic amines is 1. The van der Waals surface area contributed by atoms with Crippen LogP contribution in [0.1, 0.15) is 45.2 Å². The highest BCUT2D eigenvalue weighted by molar-refractivity contribution is 6.38. The highest BCUT2D eigenvalue weighted by atomic mass is 35.5. The largest absolute Gasteiger partial charge is 0.447 e. The van der Waals surface area contributed by atoms with Crippen molar-refractivity contribution < 1.29 is 19.1 Å². The van der Waals surface area contributed by atoms with E-state index in [9.17, 15) is 14.4 Å². The number of carbonyl (C=O) groups excluding carboxylic acids is 3. The van der Waals surface area contributed by atoms with E-state index >= 15 is 0 Å². The maximum absolute atomic E-state index is 14.0. The first-order valence-corrected chi connectivity index (χ1v) is 15.1. The smallest absolute Gasteiger partial charge is 0.250 e. The number of carbonyl (C=O) groups is 3. The van der Waals surface area contributed by atoms with E-state index in [-0.39, 0.29) is 23.6 Å². The molecule has 4 aromatic rings. The lowest BCUT2D eigenvalue weighted by Crippen LogP contribution is -2.47. The molecule has 9 nitrogen and oxygen atoms in total. The molecule has 0 spiro atoms. The summed E-state index contributed by atoms with van der Waals surface area (Å²) >= 11 is 6.80. The van der Waals surface area contributed by atoms with Crippen molar-refractivity contribution in [2.45, 2.75) is 45.7 Å². The number of H-pyrrole nitrogens is 1. The molecular weight excluding hydrogens is 590 g/mol. The molecule has 2 atom stereocenters. The molecule has 1 fully saturated rings. The number of hydrogen-bond donors (Lipinski definition) is 4. The molecule has 0 aliphatic carbocycles. The summed E-state index contributed by atoms with van der Waals surface area (Å²) < 4.78 is 5.69. The molecule has 0 radical (unpaired) electrons. The first-order valence-electron chi connectivity index (χ1n) is 14.8. The maximum atomic E-state index is 14.0. The minimum atomic E-state index is -0.780. The lowest BCUT2D eigenvalue weighted by Gasteiger charge is -2.29. The van der Waals surface area contributed by atoms with Crippen molar-refractivity contribution in [3.8, 4) is 11.3 Å². The third-order valence-electron chi connectivity index (χ3n) is 7.71. The normalized spacial score (nSPS) is 15.4.